The van der Waals surface area contributed by atoms with Crippen molar-refractivity contribution in [2.45, 2.75) is 30.5 Å². The van der Waals surface area contributed by atoms with Gasteiger partial charge in [-0.15, -0.1) is 0 Å². The van der Waals surface area contributed by atoms with Crippen molar-refractivity contribution in [1.29, 1.82) is 0 Å². The van der Waals surface area contributed by atoms with Gasteiger partial charge in [0.05, 0.1) is 5.39 Å². The molecule has 3 aromatic carbocycles. The minimum atomic E-state index is -0.617. The van der Waals surface area contributed by atoms with Crippen molar-refractivity contribution in [3.63, 3.8) is 0 Å². The molecular formula is C32H34N6. The number of benzene rings is 3. The summed E-state index contributed by atoms with van der Waals surface area (Å²) in [6, 6.07) is 34.5. The van der Waals surface area contributed by atoms with E-state index in [1.807, 2.05) is 7.05 Å². The summed E-state index contributed by atoms with van der Waals surface area (Å²) >= 11 is 0. The molecule has 5 aromatic rings. The highest BCUT2D eigenvalue weighted by atomic mass is 15.2. The number of hydrogen-bond acceptors (Lipinski definition) is 5. The topological polar surface area (TPSA) is 66.8 Å². The van der Waals surface area contributed by atoms with E-state index in [2.05, 4.69) is 131 Å². The first-order valence-electron chi connectivity index (χ1n) is 13.3. The minimum absolute atomic E-state index is 0.0388. The van der Waals surface area contributed by atoms with Gasteiger partial charge in [-0.1, -0.05) is 91.0 Å². The Hall–Kier alpha value is -4.00. The number of piperidine rings is 1. The molecular weight excluding hydrogens is 468 g/mol. The van der Waals surface area contributed by atoms with Gasteiger partial charge in [-0.25, -0.2) is 9.97 Å². The molecule has 6 heteroatoms. The number of hydrogen-bond donors (Lipinski definition) is 3. The van der Waals surface area contributed by atoms with Crippen LogP contribution in [0.5, 0.6) is 0 Å². The minimum Gasteiger partial charge on any atom is -0.365 e. The zero-order valence-electron chi connectivity index (χ0n) is 21.9. The van der Waals surface area contributed by atoms with E-state index in [-0.39, 0.29) is 11.6 Å². The van der Waals surface area contributed by atoms with Crippen molar-refractivity contribution >= 4 is 16.9 Å². The highest BCUT2D eigenvalue weighted by molar-refractivity contribution is 5.88. The maximum absolute atomic E-state index is 4.87. The van der Waals surface area contributed by atoms with E-state index in [0.717, 1.165) is 36.4 Å². The average molecular weight is 503 g/mol. The van der Waals surface area contributed by atoms with Crippen molar-refractivity contribution in [1.82, 2.24) is 25.2 Å². The molecule has 0 bridgehead atoms. The predicted octanol–water partition coefficient (Wildman–Crippen LogP) is 5.02. The Bertz CT molecular complexity index is 1400. The van der Waals surface area contributed by atoms with E-state index in [1.165, 1.54) is 16.7 Å². The first-order chi connectivity index (χ1) is 18.6. The molecule has 0 amide bonds. The fourth-order valence-corrected chi connectivity index (χ4v) is 5.99. The third-order valence-corrected chi connectivity index (χ3v) is 7.96. The first kappa shape index (κ1) is 24.3. The molecule has 3 N–H and O–H groups in total. The molecule has 0 aliphatic carbocycles. The Morgan fingerprint density at radius 3 is 1.97 bits per heavy atom. The van der Waals surface area contributed by atoms with Gasteiger partial charge in [0.1, 0.15) is 23.3 Å². The standard InChI is InChI=1S/C32H34N6/c1-31(33-2)20-27(21-34-22-31)37-29-28-18-19-38(30(28)36-23-35-29)32(24-12-6-3-7-13-24,25-14-8-4-9-15-25)26-16-10-5-11-17-26/h3-19,23,27,33-34H,20-22H2,1-2H3,(H,35,36,37). The highest BCUT2D eigenvalue weighted by Crippen LogP contribution is 2.43. The van der Waals surface area contributed by atoms with Gasteiger partial charge in [0.25, 0.3) is 0 Å². The van der Waals surface area contributed by atoms with Crippen LogP contribution in [0.15, 0.2) is 110 Å². The summed E-state index contributed by atoms with van der Waals surface area (Å²) in [6.07, 6.45) is 4.85. The van der Waals surface area contributed by atoms with Crippen molar-refractivity contribution in [3.8, 4) is 0 Å². The van der Waals surface area contributed by atoms with Gasteiger partial charge in [-0.05, 0) is 43.1 Å². The molecule has 6 nitrogen and oxygen atoms in total. The second kappa shape index (κ2) is 10.0. The molecule has 1 aliphatic heterocycles. The predicted molar refractivity (Wildman–Crippen MR) is 154 cm³/mol. The van der Waals surface area contributed by atoms with E-state index in [4.69, 9.17) is 9.97 Å². The molecule has 2 unspecified atom stereocenters. The molecule has 38 heavy (non-hydrogen) atoms. The highest BCUT2D eigenvalue weighted by Gasteiger charge is 2.39. The molecule has 0 spiro atoms. The zero-order chi connectivity index (χ0) is 26.0. The summed E-state index contributed by atoms with van der Waals surface area (Å²) < 4.78 is 2.31. The van der Waals surface area contributed by atoms with E-state index in [9.17, 15) is 0 Å². The normalized spacial score (nSPS) is 19.9. The largest absolute Gasteiger partial charge is 0.365 e. The lowest BCUT2D eigenvalue weighted by Crippen LogP contribution is -2.58. The quantitative estimate of drug-likeness (QED) is 0.273. The Morgan fingerprint density at radius 2 is 1.42 bits per heavy atom. The van der Waals surface area contributed by atoms with Gasteiger partial charge in [-0.2, -0.15) is 0 Å². The SMILES string of the molecule is CNC1(C)CNCC(Nc2ncnc3c2ccn3C(c2ccccc2)(c2ccccc2)c2ccccc2)C1. The number of rotatable bonds is 7. The van der Waals surface area contributed by atoms with Crippen molar-refractivity contribution < 1.29 is 0 Å². The van der Waals surface area contributed by atoms with E-state index in [1.54, 1.807) is 6.33 Å². The lowest BCUT2D eigenvalue weighted by atomic mass is 9.76. The van der Waals surface area contributed by atoms with E-state index in [0.29, 0.717) is 0 Å². The number of nitrogens with one attached hydrogen (secondary N) is 3. The summed E-state index contributed by atoms with van der Waals surface area (Å²) in [5.41, 5.74) is 3.82. The third-order valence-electron chi connectivity index (χ3n) is 7.96. The van der Waals surface area contributed by atoms with Crippen LogP contribution in [-0.4, -0.2) is 46.3 Å². The van der Waals surface area contributed by atoms with Crippen molar-refractivity contribution in [2.75, 3.05) is 25.5 Å². The van der Waals surface area contributed by atoms with Crippen molar-refractivity contribution in [3.05, 3.63) is 126 Å². The van der Waals surface area contributed by atoms with Gasteiger partial charge >= 0.3 is 0 Å². The molecule has 3 heterocycles. The number of nitrogens with zero attached hydrogens (tertiary/aromatic N) is 3. The molecule has 1 saturated heterocycles. The molecule has 192 valence electrons. The van der Waals surface area contributed by atoms with Gasteiger partial charge in [0.2, 0.25) is 0 Å². The van der Waals surface area contributed by atoms with Crippen LogP contribution in [0.4, 0.5) is 5.82 Å². The molecule has 2 atom stereocenters. The number of likely N-dealkylation sites (N-methyl/N-ethyl adjacent to an activating group) is 1. The average Bonchev–Trinajstić information content (AvgIpc) is 3.41. The second-order valence-corrected chi connectivity index (χ2v) is 10.4. The summed E-state index contributed by atoms with van der Waals surface area (Å²) in [7, 11) is 2.03. The number of aromatic nitrogens is 3. The maximum Gasteiger partial charge on any atom is 0.146 e. The van der Waals surface area contributed by atoms with Gasteiger partial charge in [0.15, 0.2) is 0 Å². The summed E-state index contributed by atoms with van der Waals surface area (Å²) in [4.78, 5) is 9.57. The van der Waals surface area contributed by atoms with Crippen LogP contribution in [0.25, 0.3) is 11.0 Å². The van der Waals surface area contributed by atoms with Gasteiger partial charge < -0.3 is 20.5 Å². The molecule has 0 saturated carbocycles. The fraction of sp³-hybridized carbons (Fsp3) is 0.250. The Labute approximate surface area is 224 Å². The summed E-state index contributed by atoms with van der Waals surface area (Å²) in [5, 5.41) is 11.8. The van der Waals surface area contributed by atoms with E-state index >= 15 is 0 Å². The van der Waals surface area contributed by atoms with Crippen LogP contribution >= 0.6 is 0 Å². The van der Waals surface area contributed by atoms with E-state index < -0.39 is 5.54 Å². The molecule has 1 fully saturated rings. The van der Waals surface area contributed by atoms with Gasteiger partial charge in [-0.3, -0.25) is 0 Å². The molecule has 2 aromatic heterocycles. The molecule has 0 radical (unpaired) electrons. The van der Waals surface area contributed by atoms with Crippen LogP contribution in [0, 0.1) is 0 Å². The number of fused-ring (bicyclic) bond motifs is 1. The van der Waals surface area contributed by atoms with Gasteiger partial charge in [0, 0.05) is 30.9 Å². The number of anilines is 1. The lowest BCUT2D eigenvalue weighted by Gasteiger charge is -2.39. The first-order valence-corrected chi connectivity index (χ1v) is 13.3. The second-order valence-electron chi connectivity index (χ2n) is 10.4. The van der Waals surface area contributed by atoms with Crippen LogP contribution in [0.1, 0.15) is 30.0 Å². The lowest BCUT2D eigenvalue weighted by molar-refractivity contribution is 0.274. The van der Waals surface area contributed by atoms with Crippen LogP contribution < -0.4 is 16.0 Å². The smallest absolute Gasteiger partial charge is 0.146 e. The molecule has 6 rings (SSSR count). The monoisotopic (exact) mass is 502 g/mol. The van der Waals surface area contributed by atoms with Crippen LogP contribution in [0.3, 0.4) is 0 Å². The fourth-order valence-electron chi connectivity index (χ4n) is 5.99. The Balaban J connectivity index is 1.55. The molecule has 1 aliphatic rings. The maximum atomic E-state index is 4.87. The Morgan fingerprint density at radius 1 is 0.842 bits per heavy atom. The third kappa shape index (κ3) is 4.16. The Kier molecular flexibility index (Phi) is 6.44. The summed E-state index contributed by atoms with van der Waals surface area (Å²) in [5.74, 6) is 0.865. The van der Waals surface area contributed by atoms with Crippen LogP contribution in [-0.2, 0) is 5.54 Å². The summed E-state index contributed by atoms with van der Waals surface area (Å²) in [6.45, 7) is 4.10. The zero-order valence-corrected chi connectivity index (χ0v) is 21.9. The van der Waals surface area contributed by atoms with Crippen molar-refractivity contribution in [2.24, 2.45) is 0 Å². The van der Waals surface area contributed by atoms with Crippen LogP contribution in [0.2, 0.25) is 0 Å².